The third-order valence-corrected chi connectivity index (χ3v) is 12.9. The average Bonchev–Trinajstić information content (AvgIpc) is 3.95. The predicted octanol–water partition coefficient (Wildman–Crippen LogP) is 15.6. The van der Waals surface area contributed by atoms with Crippen LogP contribution in [-0.4, -0.2) is 34.7 Å². The molecule has 0 unspecified atom stereocenters. The highest BCUT2D eigenvalue weighted by molar-refractivity contribution is 6.32. The lowest BCUT2D eigenvalue weighted by Crippen LogP contribution is -2.25. The van der Waals surface area contributed by atoms with Gasteiger partial charge in [0.05, 0.1) is 0 Å². The molecule has 0 N–H and O–H groups in total. The van der Waals surface area contributed by atoms with Gasteiger partial charge < -0.3 is 0 Å². The normalized spacial score (nSPS) is 19.7. The SMILES string of the molecule is C/C=C/C(=O)C1=C(C)C=CCC1(C)C.C/C=C/C(=O)C1=C(C)CCCC1(C)C.CC(=O)C1=C(Cl)CCC1.CC(=O)C1=CCCC1.CC(=O)C1=CCCCC1.CCC(=O)C1=CCCCC1. The molecule has 64 heavy (non-hydrogen) atoms. The first kappa shape index (κ1) is 58.0. The maximum absolute atomic E-state index is 11.9. The topological polar surface area (TPSA) is 102 Å². The monoisotopic (exact) mass is 899 g/mol. The number of ketones is 6. The Bertz CT molecular complexity index is 1930. The Kier molecular flexibility index (Phi) is 27.4. The summed E-state index contributed by atoms with van der Waals surface area (Å²) in [5.74, 6) is 1.35. The van der Waals surface area contributed by atoms with Gasteiger partial charge in [-0.2, -0.15) is 0 Å². The summed E-state index contributed by atoms with van der Waals surface area (Å²) in [7, 11) is 0. The van der Waals surface area contributed by atoms with Crippen LogP contribution in [0.15, 0.2) is 104 Å². The van der Waals surface area contributed by atoms with Gasteiger partial charge in [0.15, 0.2) is 34.7 Å². The molecular weight excluding hydrogens is 816 g/mol. The third kappa shape index (κ3) is 20.9. The quantitative estimate of drug-likeness (QED) is 0.214. The second kappa shape index (κ2) is 30.2. The van der Waals surface area contributed by atoms with Crippen molar-refractivity contribution < 1.29 is 28.8 Å². The number of halogens is 1. The zero-order chi connectivity index (χ0) is 48.5. The van der Waals surface area contributed by atoms with Crippen molar-refractivity contribution in [3.8, 4) is 0 Å². The van der Waals surface area contributed by atoms with Crippen LogP contribution < -0.4 is 0 Å². The van der Waals surface area contributed by atoms with Gasteiger partial charge in [-0.3, -0.25) is 28.8 Å². The fourth-order valence-corrected chi connectivity index (χ4v) is 9.32. The molecule has 0 amide bonds. The number of hydrogen-bond donors (Lipinski definition) is 0. The molecule has 354 valence electrons. The number of allylic oxidation sites excluding steroid dienone is 18. The molecule has 0 atom stereocenters. The second-order valence-corrected chi connectivity index (χ2v) is 19.4. The van der Waals surface area contributed by atoms with Crippen LogP contribution in [0.2, 0.25) is 0 Å². The third-order valence-electron chi connectivity index (χ3n) is 12.4. The molecule has 6 aliphatic rings. The van der Waals surface area contributed by atoms with E-state index in [4.69, 9.17) is 11.6 Å². The smallest absolute Gasteiger partial charge is 0.182 e. The van der Waals surface area contributed by atoms with Crippen LogP contribution in [0.5, 0.6) is 0 Å². The van der Waals surface area contributed by atoms with Gasteiger partial charge >= 0.3 is 0 Å². The molecular formula is C57H83ClO6. The molecule has 6 nitrogen and oxygen atoms in total. The molecule has 7 heteroatoms. The lowest BCUT2D eigenvalue weighted by molar-refractivity contribution is -0.116. The Morgan fingerprint density at radius 2 is 1.09 bits per heavy atom. The Balaban J connectivity index is 0.000000389. The summed E-state index contributed by atoms with van der Waals surface area (Å²) in [6.45, 7) is 23.2. The first-order chi connectivity index (χ1) is 30.1. The van der Waals surface area contributed by atoms with Crippen molar-refractivity contribution in [2.75, 3.05) is 0 Å². The van der Waals surface area contributed by atoms with E-state index in [1.165, 1.54) is 44.1 Å². The number of carbonyl (C=O) groups is 6. The van der Waals surface area contributed by atoms with Crippen LogP contribution in [-0.2, 0) is 28.8 Å². The average molecular weight is 900 g/mol. The van der Waals surface area contributed by atoms with Gasteiger partial charge in [0.25, 0.3) is 0 Å². The van der Waals surface area contributed by atoms with Gasteiger partial charge in [0.2, 0.25) is 0 Å². The van der Waals surface area contributed by atoms with Crippen LogP contribution in [0.1, 0.15) is 205 Å². The summed E-state index contributed by atoms with van der Waals surface area (Å²) in [5, 5.41) is 0.780. The fourth-order valence-electron chi connectivity index (χ4n) is 8.95. The first-order valence-corrected chi connectivity index (χ1v) is 24.5. The summed E-state index contributed by atoms with van der Waals surface area (Å²) in [4.78, 5) is 66.8. The molecule has 0 saturated carbocycles. The minimum atomic E-state index is -0.0184. The van der Waals surface area contributed by atoms with Gasteiger partial charge in [0.1, 0.15) is 0 Å². The highest BCUT2D eigenvalue weighted by atomic mass is 35.5. The van der Waals surface area contributed by atoms with Gasteiger partial charge in [-0.05, 0) is 209 Å². The van der Waals surface area contributed by atoms with Crippen molar-refractivity contribution in [3.63, 3.8) is 0 Å². The summed E-state index contributed by atoms with van der Waals surface area (Å²) in [6.07, 6.45) is 37.7. The molecule has 0 heterocycles. The van der Waals surface area contributed by atoms with Crippen molar-refractivity contribution in [1.82, 2.24) is 0 Å². The molecule has 6 rings (SSSR count). The molecule has 0 radical (unpaired) electrons. The molecule has 6 aliphatic carbocycles. The van der Waals surface area contributed by atoms with Gasteiger partial charge in [-0.25, -0.2) is 0 Å². The summed E-state index contributed by atoms with van der Waals surface area (Å²) in [5.41, 5.74) is 8.43. The number of hydrogen-bond acceptors (Lipinski definition) is 6. The Morgan fingerprint density at radius 1 is 0.594 bits per heavy atom. The minimum absolute atomic E-state index is 0.0184. The van der Waals surface area contributed by atoms with Crippen LogP contribution in [0.3, 0.4) is 0 Å². The fraction of sp³-hybridized carbons (Fsp3) is 0.579. The predicted molar refractivity (Wildman–Crippen MR) is 269 cm³/mol. The van der Waals surface area contributed by atoms with E-state index in [0.29, 0.717) is 12.2 Å². The van der Waals surface area contributed by atoms with E-state index in [-0.39, 0.29) is 39.7 Å². The molecule has 0 spiro atoms. The van der Waals surface area contributed by atoms with Crippen molar-refractivity contribution in [3.05, 3.63) is 104 Å². The standard InChI is InChI=1S/C13H20O.C13H18O.C9H14O.C8H12O.C7H9ClO.C7H10O/c2*1-5-7-11(14)12-10(2)8-6-9-13(12,3)4;1-2-9(10)8-6-4-3-5-7-8;1-7(9)8-5-3-2-4-6-8;1-5(9)6-3-2-4-7(6)8;1-6(8)7-4-2-3-5-7/h5,7H,6,8-9H2,1-4H3;5-8H,9H2,1-4H3;6H,2-5,7H2,1H3;5H,2-4,6H2,1H3;2-4H2,1H3;4H,2-3,5H2,1H3/b2*7-5+;;;;. The molecule has 0 fully saturated rings. The maximum Gasteiger partial charge on any atom is 0.182 e. The highest BCUT2D eigenvalue weighted by Gasteiger charge is 2.32. The number of carbonyl (C=O) groups excluding carboxylic acids is 6. The largest absolute Gasteiger partial charge is 0.295 e. The second-order valence-electron chi connectivity index (χ2n) is 18.9. The van der Waals surface area contributed by atoms with E-state index in [9.17, 15) is 28.8 Å². The van der Waals surface area contributed by atoms with Crippen LogP contribution in [0.25, 0.3) is 0 Å². The summed E-state index contributed by atoms with van der Waals surface area (Å²) < 4.78 is 0. The first-order valence-electron chi connectivity index (χ1n) is 24.1. The number of rotatable bonds is 9. The number of Topliss-reactive ketones (excluding diaryl/α,β-unsaturated/α-hetero) is 4. The van der Waals surface area contributed by atoms with E-state index >= 15 is 0 Å². The van der Waals surface area contributed by atoms with Crippen molar-refractivity contribution in [2.24, 2.45) is 10.8 Å². The van der Waals surface area contributed by atoms with Gasteiger partial charge in [-0.15, -0.1) is 0 Å². The van der Waals surface area contributed by atoms with E-state index in [0.717, 1.165) is 121 Å². The zero-order valence-corrected chi connectivity index (χ0v) is 42.7. The Morgan fingerprint density at radius 3 is 1.44 bits per heavy atom. The molecule has 0 saturated heterocycles. The maximum atomic E-state index is 11.9. The molecule has 0 aromatic heterocycles. The highest BCUT2D eigenvalue weighted by Crippen LogP contribution is 2.41. The van der Waals surface area contributed by atoms with Crippen molar-refractivity contribution >= 4 is 46.3 Å². The van der Waals surface area contributed by atoms with Crippen molar-refractivity contribution in [1.29, 1.82) is 0 Å². The van der Waals surface area contributed by atoms with Gasteiger partial charge in [0, 0.05) is 28.2 Å². The van der Waals surface area contributed by atoms with Gasteiger partial charge in [-0.1, -0.05) is 94.3 Å². The van der Waals surface area contributed by atoms with E-state index in [1.807, 2.05) is 45.9 Å². The van der Waals surface area contributed by atoms with Crippen LogP contribution in [0.4, 0.5) is 0 Å². The van der Waals surface area contributed by atoms with Crippen molar-refractivity contribution in [2.45, 2.75) is 205 Å². The summed E-state index contributed by atoms with van der Waals surface area (Å²) in [6, 6.07) is 0. The minimum Gasteiger partial charge on any atom is -0.295 e. The zero-order valence-electron chi connectivity index (χ0n) is 42.0. The molecule has 0 aliphatic heterocycles. The Labute approximate surface area is 393 Å². The van der Waals surface area contributed by atoms with E-state index in [2.05, 4.69) is 52.8 Å². The van der Waals surface area contributed by atoms with E-state index in [1.54, 1.807) is 39.0 Å². The summed E-state index contributed by atoms with van der Waals surface area (Å²) >= 11 is 5.73. The Hall–Kier alpha value is -4.03. The van der Waals surface area contributed by atoms with E-state index < -0.39 is 0 Å². The van der Waals surface area contributed by atoms with Crippen LogP contribution in [0, 0.1) is 10.8 Å². The lowest BCUT2D eigenvalue weighted by atomic mass is 9.71. The lowest BCUT2D eigenvalue weighted by Gasteiger charge is -2.32. The van der Waals surface area contributed by atoms with Crippen LogP contribution >= 0.6 is 11.6 Å². The molecule has 0 aromatic rings. The molecule has 0 aromatic carbocycles. The molecule has 0 bridgehead atoms.